The Morgan fingerprint density at radius 2 is 2.26 bits per heavy atom. The molecule has 6 heteroatoms. The zero-order chi connectivity index (χ0) is 13.0. The summed E-state index contributed by atoms with van der Waals surface area (Å²) >= 11 is 11.3. The second-order valence-electron chi connectivity index (χ2n) is 4.73. The molecule has 0 aliphatic carbocycles. The Balaban J connectivity index is 0.00000180. The molecule has 0 radical (unpaired) electrons. The molecule has 1 unspecified atom stereocenters. The summed E-state index contributed by atoms with van der Waals surface area (Å²) in [6.07, 6.45) is 3.85. The Labute approximate surface area is 139 Å². The number of nitrogens with zero attached hydrogens (tertiary/aromatic N) is 1. The van der Waals surface area contributed by atoms with Gasteiger partial charge in [-0.2, -0.15) is 0 Å². The molecule has 2 nitrogen and oxygen atoms in total. The average Bonchev–Trinajstić information content (AvgIpc) is 2.60. The summed E-state index contributed by atoms with van der Waals surface area (Å²) in [4.78, 5) is 3.94. The van der Waals surface area contributed by atoms with Crippen LogP contribution in [0.15, 0.2) is 10.5 Å². The van der Waals surface area contributed by atoms with E-state index in [1.807, 2.05) is 0 Å². The molecule has 0 spiro atoms. The van der Waals surface area contributed by atoms with Gasteiger partial charge in [-0.3, -0.25) is 4.90 Å². The number of hydrogen-bond acceptors (Lipinski definition) is 3. The SMILES string of the molecule is CCN(Cc1cc(Br)c(Cl)s1)C1CCCNCC1.Cl. The summed E-state index contributed by atoms with van der Waals surface area (Å²) in [5.74, 6) is 0. The maximum absolute atomic E-state index is 6.11. The molecule has 1 aromatic rings. The van der Waals surface area contributed by atoms with Crippen molar-refractivity contribution in [1.29, 1.82) is 0 Å². The van der Waals surface area contributed by atoms with Gasteiger partial charge in [-0.1, -0.05) is 18.5 Å². The Kier molecular flexibility index (Phi) is 8.26. The van der Waals surface area contributed by atoms with E-state index in [9.17, 15) is 0 Å². The van der Waals surface area contributed by atoms with Gasteiger partial charge in [0.05, 0.1) is 0 Å². The van der Waals surface area contributed by atoms with Crippen molar-refractivity contribution >= 4 is 51.3 Å². The maximum Gasteiger partial charge on any atom is 0.107 e. The van der Waals surface area contributed by atoms with E-state index in [1.165, 1.54) is 30.7 Å². The van der Waals surface area contributed by atoms with Gasteiger partial charge in [0.2, 0.25) is 0 Å². The van der Waals surface area contributed by atoms with Gasteiger partial charge in [0.25, 0.3) is 0 Å². The monoisotopic (exact) mass is 386 g/mol. The fraction of sp³-hybridized carbons (Fsp3) is 0.692. The van der Waals surface area contributed by atoms with E-state index >= 15 is 0 Å². The summed E-state index contributed by atoms with van der Waals surface area (Å²) in [6.45, 7) is 6.71. The first-order valence-corrected chi connectivity index (χ1v) is 8.58. The minimum atomic E-state index is 0. The van der Waals surface area contributed by atoms with Crippen molar-refractivity contribution in [2.75, 3.05) is 19.6 Å². The number of halogens is 3. The zero-order valence-corrected chi connectivity index (χ0v) is 15.1. The molecule has 110 valence electrons. The topological polar surface area (TPSA) is 15.3 Å². The molecule has 0 saturated carbocycles. The molecule has 0 amide bonds. The van der Waals surface area contributed by atoms with Gasteiger partial charge < -0.3 is 5.32 Å². The minimum Gasteiger partial charge on any atom is -0.317 e. The summed E-state index contributed by atoms with van der Waals surface area (Å²) in [6, 6.07) is 2.87. The highest BCUT2D eigenvalue weighted by atomic mass is 79.9. The van der Waals surface area contributed by atoms with E-state index in [0.29, 0.717) is 6.04 Å². The molecular formula is C13H21BrCl2N2S. The summed E-state index contributed by atoms with van der Waals surface area (Å²) in [5.41, 5.74) is 0. The third kappa shape index (κ3) is 5.18. The molecule has 1 aliphatic heterocycles. The van der Waals surface area contributed by atoms with Crippen molar-refractivity contribution < 1.29 is 0 Å². The van der Waals surface area contributed by atoms with Crippen LogP contribution in [-0.4, -0.2) is 30.6 Å². The van der Waals surface area contributed by atoms with Crippen LogP contribution in [0.3, 0.4) is 0 Å². The molecule has 1 atom stereocenters. The molecule has 1 saturated heterocycles. The summed E-state index contributed by atoms with van der Waals surface area (Å²) in [5, 5.41) is 3.48. The van der Waals surface area contributed by atoms with Crippen LogP contribution in [0, 0.1) is 0 Å². The van der Waals surface area contributed by atoms with Crippen LogP contribution < -0.4 is 5.32 Å². The zero-order valence-electron chi connectivity index (χ0n) is 11.1. The lowest BCUT2D eigenvalue weighted by atomic mass is 10.1. The second-order valence-corrected chi connectivity index (χ2v) is 7.33. The number of hydrogen-bond donors (Lipinski definition) is 1. The third-order valence-corrected chi connectivity index (χ3v) is 5.98. The van der Waals surface area contributed by atoms with Gasteiger partial charge >= 0.3 is 0 Å². The number of rotatable bonds is 4. The Bertz CT molecular complexity index is 359. The van der Waals surface area contributed by atoms with Crippen LogP contribution in [0.4, 0.5) is 0 Å². The van der Waals surface area contributed by atoms with Gasteiger partial charge in [-0.05, 0) is 60.9 Å². The number of thiophene rings is 1. The first-order chi connectivity index (χ1) is 8.70. The fourth-order valence-corrected chi connectivity index (χ4v) is 4.35. The fourth-order valence-electron chi connectivity index (χ4n) is 2.53. The first kappa shape index (κ1) is 17.7. The van der Waals surface area contributed by atoms with Crippen LogP contribution in [0.25, 0.3) is 0 Å². The highest BCUT2D eigenvalue weighted by molar-refractivity contribution is 9.10. The van der Waals surface area contributed by atoms with Gasteiger partial charge in [-0.15, -0.1) is 23.7 Å². The standard InChI is InChI=1S/C13H20BrClN2S.ClH/c1-2-17(10-4-3-6-16-7-5-10)9-11-8-12(14)13(15)18-11;/h8,10,16H,2-7,9H2,1H3;1H. The smallest absolute Gasteiger partial charge is 0.107 e. The molecule has 0 aromatic carbocycles. The van der Waals surface area contributed by atoms with Crippen molar-refractivity contribution in [3.8, 4) is 0 Å². The van der Waals surface area contributed by atoms with Crippen LogP contribution in [0.1, 0.15) is 31.1 Å². The molecule has 1 N–H and O–H groups in total. The normalized spacial score (nSPS) is 20.1. The lowest BCUT2D eigenvalue weighted by Gasteiger charge is -2.29. The lowest BCUT2D eigenvalue weighted by Crippen LogP contribution is -2.35. The molecule has 1 aliphatic rings. The predicted molar refractivity (Wildman–Crippen MR) is 90.9 cm³/mol. The van der Waals surface area contributed by atoms with Gasteiger partial charge in [0, 0.05) is 21.9 Å². The Morgan fingerprint density at radius 3 is 2.89 bits per heavy atom. The van der Waals surface area contributed by atoms with Crippen LogP contribution in [-0.2, 0) is 6.54 Å². The predicted octanol–water partition coefficient (Wildman–Crippen LogP) is 4.55. The van der Waals surface area contributed by atoms with Crippen LogP contribution >= 0.6 is 51.3 Å². The van der Waals surface area contributed by atoms with Crippen molar-refractivity contribution in [3.05, 3.63) is 19.8 Å². The van der Waals surface area contributed by atoms with Gasteiger partial charge in [-0.25, -0.2) is 0 Å². The lowest BCUT2D eigenvalue weighted by molar-refractivity contribution is 0.184. The molecule has 0 bridgehead atoms. The van der Waals surface area contributed by atoms with E-state index in [2.05, 4.69) is 39.1 Å². The number of nitrogens with one attached hydrogen (secondary N) is 1. The molecular weight excluding hydrogens is 367 g/mol. The van der Waals surface area contributed by atoms with Gasteiger partial charge in [0.1, 0.15) is 4.34 Å². The third-order valence-electron chi connectivity index (χ3n) is 3.52. The average molecular weight is 388 g/mol. The molecule has 2 heterocycles. The summed E-state index contributed by atoms with van der Waals surface area (Å²) in [7, 11) is 0. The Morgan fingerprint density at radius 1 is 1.47 bits per heavy atom. The van der Waals surface area contributed by atoms with E-state index in [1.54, 1.807) is 11.3 Å². The molecule has 2 rings (SSSR count). The molecule has 1 aromatic heterocycles. The highest BCUT2D eigenvalue weighted by Crippen LogP contribution is 2.33. The van der Waals surface area contributed by atoms with E-state index in [0.717, 1.165) is 28.4 Å². The first-order valence-electron chi connectivity index (χ1n) is 6.59. The van der Waals surface area contributed by atoms with E-state index < -0.39 is 0 Å². The van der Waals surface area contributed by atoms with Crippen LogP contribution in [0.2, 0.25) is 4.34 Å². The maximum atomic E-state index is 6.11. The second kappa shape index (κ2) is 8.85. The Hall–Kier alpha value is 0.680. The largest absolute Gasteiger partial charge is 0.317 e. The van der Waals surface area contributed by atoms with Crippen molar-refractivity contribution in [2.45, 2.75) is 38.8 Å². The van der Waals surface area contributed by atoms with Gasteiger partial charge in [0.15, 0.2) is 0 Å². The van der Waals surface area contributed by atoms with E-state index in [-0.39, 0.29) is 12.4 Å². The van der Waals surface area contributed by atoms with Crippen molar-refractivity contribution in [1.82, 2.24) is 10.2 Å². The van der Waals surface area contributed by atoms with Crippen molar-refractivity contribution in [2.24, 2.45) is 0 Å². The summed E-state index contributed by atoms with van der Waals surface area (Å²) < 4.78 is 1.89. The molecule has 19 heavy (non-hydrogen) atoms. The van der Waals surface area contributed by atoms with Crippen molar-refractivity contribution in [3.63, 3.8) is 0 Å². The van der Waals surface area contributed by atoms with E-state index in [4.69, 9.17) is 11.6 Å². The quantitative estimate of drug-likeness (QED) is 0.814. The minimum absolute atomic E-state index is 0. The highest BCUT2D eigenvalue weighted by Gasteiger charge is 2.19. The molecule has 1 fully saturated rings. The van der Waals surface area contributed by atoms with Crippen LogP contribution in [0.5, 0.6) is 0 Å².